The molecule has 8 nitrogen and oxygen atoms in total. The van der Waals surface area contributed by atoms with Crippen LogP contribution >= 0.6 is 0 Å². The van der Waals surface area contributed by atoms with E-state index in [0.29, 0.717) is 38.5 Å². The molecule has 0 aliphatic carbocycles. The zero-order valence-corrected chi connectivity index (χ0v) is 15.2. The number of rotatable bonds is 5. The minimum Gasteiger partial charge on any atom is -0.471 e. The second-order valence-electron chi connectivity index (χ2n) is 6.72. The van der Waals surface area contributed by atoms with Crippen LogP contribution in [0.4, 0.5) is 14.9 Å². The van der Waals surface area contributed by atoms with E-state index in [1.165, 1.54) is 22.1 Å². The Hall–Kier alpha value is -3.23. The number of hydrogen-bond acceptors (Lipinski definition) is 5. The highest BCUT2D eigenvalue weighted by molar-refractivity contribution is 5.96. The van der Waals surface area contributed by atoms with E-state index in [1.54, 1.807) is 35.5 Å². The Bertz CT molecular complexity index is 866. The quantitative estimate of drug-likeness (QED) is 0.780. The first-order chi connectivity index (χ1) is 13.6. The maximum absolute atomic E-state index is 14.0. The van der Waals surface area contributed by atoms with Gasteiger partial charge < -0.3 is 14.5 Å². The molecule has 0 bridgehead atoms. The van der Waals surface area contributed by atoms with Crippen molar-refractivity contribution in [3.8, 4) is 5.88 Å². The minimum absolute atomic E-state index is 0.0261. The lowest BCUT2D eigenvalue weighted by Gasteiger charge is -2.22. The summed E-state index contributed by atoms with van der Waals surface area (Å²) in [6.45, 7) is 1.71. The number of para-hydroxylation sites is 1. The number of likely N-dealkylation sites (tertiary alicyclic amines) is 1. The van der Waals surface area contributed by atoms with Crippen molar-refractivity contribution in [3.05, 3.63) is 48.7 Å². The number of anilines is 1. The molecule has 2 aromatic rings. The van der Waals surface area contributed by atoms with Crippen LogP contribution in [-0.4, -0.2) is 70.5 Å². The molecule has 1 aromatic heterocycles. The Labute approximate surface area is 161 Å². The summed E-state index contributed by atoms with van der Waals surface area (Å²) >= 11 is 0. The van der Waals surface area contributed by atoms with Gasteiger partial charge in [0.15, 0.2) is 0 Å². The van der Waals surface area contributed by atoms with E-state index in [4.69, 9.17) is 4.74 Å². The minimum atomic E-state index is -0.451. The van der Waals surface area contributed by atoms with Crippen molar-refractivity contribution >= 4 is 17.6 Å². The van der Waals surface area contributed by atoms with E-state index in [2.05, 4.69) is 9.97 Å². The number of hydrogen-bond donors (Lipinski definition) is 0. The second-order valence-corrected chi connectivity index (χ2v) is 6.72. The summed E-state index contributed by atoms with van der Waals surface area (Å²) in [5, 5.41) is 0. The van der Waals surface area contributed by atoms with Gasteiger partial charge in [0.1, 0.15) is 18.5 Å². The highest BCUT2D eigenvalue weighted by atomic mass is 19.1. The van der Waals surface area contributed by atoms with Crippen molar-refractivity contribution < 1.29 is 18.7 Å². The van der Waals surface area contributed by atoms with Gasteiger partial charge in [0.25, 0.3) is 0 Å². The maximum Gasteiger partial charge on any atom is 0.325 e. The fourth-order valence-electron chi connectivity index (χ4n) is 3.45. The monoisotopic (exact) mass is 385 g/mol. The zero-order valence-electron chi connectivity index (χ0n) is 15.2. The molecule has 3 heterocycles. The van der Waals surface area contributed by atoms with Crippen LogP contribution in [-0.2, 0) is 4.79 Å². The van der Waals surface area contributed by atoms with E-state index in [-0.39, 0.29) is 30.3 Å². The summed E-state index contributed by atoms with van der Waals surface area (Å²) in [5.41, 5.74) is 0.237. The standard InChI is InChI=1S/C19H20FN5O3/c20-15-3-1-2-4-16(15)25-10-9-24(19(25)27)13-18(26)23-8-5-14(12-23)28-17-11-21-6-7-22-17/h1-4,6-7,11,14H,5,8-10,12-13H2/t14-/m0/s1. The Kier molecular flexibility index (Phi) is 5.05. The number of aromatic nitrogens is 2. The van der Waals surface area contributed by atoms with Crippen LogP contribution in [0.25, 0.3) is 0 Å². The van der Waals surface area contributed by atoms with E-state index in [9.17, 15) is 14.0 Å². The first-order valence-electron chi connectivity index (χ1n) is 9.13. The fourth-order valence-corrected chi connectivity index (χ4v) is 3.45. The van der Waals surface area contributed by atoms with Crippen molar-refractivity contribution in [2.45, 2.75) is 12.5 Å². The van der Waals surface area contributed by atoms with Crippen molar-refractivity contribution in [3.63, 3.8) is 0 Å². The molecule has 2 aliphatic heterocycles. The zero-order chi connectivity index (χ0) is 19.5. The van der Waals surface area contributed by atoms with Gasteiger partial charge in [-0.25, -0.2) is 14.2 Å². The van der Waals surface area contributed by atoms with Crippen LogP contribution in [0.1, 0.15) is 6.42 Å². The number of amides is 3. The van der Waals surface area contributed by atoms with Gasteiger partial charge in [-0.15, -0.1) is 0 Å². The summed E-state index contributed by atoms with van der Waals surface area (Å²) < 4.78 is 19.7. The first kappa shape index (κ1) is 18.1. The lowest BCUT2D eigenvalue weighted by atomic mass is 10.3. The molecule has 0 radical (unpaired) electrons. The second kappa shape index (κ2) is 7.79. The number of nitrogens with zero attached hydrogens (tertiary/aromatic N) is 5. The Balaban J connectivity index is 1.32. The molecule has 0 unspecified atom stereocenters. The highest BCUT2D eigenvalue weighted by Crippen LogP contribution is 2.23. The normalized spacial score (nSPS) is 19.4. The van der Waals surface area contributed by atoms with Crippen molar-refractivity contribution in [1.29, 1.82) is 0 Å². The average Bonchev–Trinajstić information content (AvgIpc) is 3.31. The van der Waals surface area contributed by atoms with Crippen LogP contribution < -0.4 is 9.64 Å². The highest BCUT2D eigenvalue weighted by Gasteiger charge is 2.35. The molecule has 28 heavy (non-hydrogen) atoms. The molecule has 2 saturated heterocycles. The molecule has 1 aromatic carbocycles. The Morgan fingerprint density at radius 1 is 1.21 bits per heavy atom. The predicted octanol–water partition coefficient (Wildman–Crippen LogP) is 1.54. The van der Waals surface area contributed by atoms with Gasteiger partial charge >= 0.3 is 6.03 Å². The summed E-state index contributed by atoms with van der Waals surface area (Å²) in [6.07, 6.45) is 5.19. The smallest absolute Gasteiger partial charge is 0.325 e. The summed E-state index contributed by atoms with van der Waals surface area (Å²) in [6, 6.07) is 5.78. The number of carbonyl (C=O) groups excluding carboxylic acids is 2. The van der Waals surface area contributed by atoms with E-state index < -0.39 is 5.82 Å². The lowest BCUT2D eigenvalue weighted by Crippen LogP contribution is -2.42. The number of halogens is 1. The summed E-state index contributed by atoms with van der Waals surface area (Å²) in [5.74, 6) is -0.168. The van der Waals surface area contributed by atoms with Crippen LogP contribution in [0.15, 0.2) is 42.9 Å². The van der Waals surface area contributed by atoms with Crippen molar-refractivity contribution in [1.82, 2.24) is 19.8 Å². The molecule has 146 valence electrons. The van der Waals surface area contributed by atoms with Crippen LogP contribution in [0.2, 0.25) is 0 Å². The molecule has 0 spiro atoms. The molecule has 9 heteroatoms. The topological polar surface area (TPSA) is 78.9 Å². The van der Waals surface area contributed by atoms with Gasteiger partial charge in [0.05, 0.1) is 18.4 Å². The number of benzene rings is 1. The first-order valence-corrected chi connectivity index (χ1v) is 9.13. The van der Waals surface area contributed by atoms with Crippen LogP contribution in [0.3, 0.4) is 0 Å². The van der Waals surface area contributed by atoms with E-state index in [0.717, 1.165) is 0 Å². The maximum atomic E-state index is 14.0. The van der Waals surface area contributed by atoms with Crippen molar-refractivity contribution in [2.24, 2.45) is 0 Å². The summed E-state index contributed by atoms with van der Waals surface area (Å²) in [4.78, 5) is 37.7. The summed E-state index contributed by atoms with van der Waals surface area (Å²) in [7, 11) is 0. The number of urea groups is 1. The third-order valence-corrected chi connectivity index (χ3v) is 4.89. The van der Waals surface area contributed by atoms with Gasteiger partial charge in [-0.2, -0.15) is 0 Å². The number of ether oxygens (including phenoxy) is 1. The van der Waals surface area contributed by atoms with Gasteiger partial charge in [-0.1, -0.05) is 12.1 Å². The molecule has 3 amide bonds. The Morgan fingerprint density at radius 3 is 2.86 bits per heavy atom. The molecular formula is C19H20FN5O3. The van der Waals surface area contributed by atoms with E-state index in [1.807, 2.05) is 0 Å². The van der Waals surface area contributed by atoms with E-state index >= 15 is 0 Å². The third kappa shape index (κ3) is 3.73. The largest absolute Gasteiger partial charge is 0.471 e. The van der Waals surface area contributed by atoms with Crippen LogP contribution in [0.5, 0.6) is 5.88 Å². The fraction of sp³-hybridized carbons (Fsp3) is 0.368. The van der Waals surface area contributed by atoms with Crippen LogP contribution in [0, 0.1) is 5.82 Å². The molecule has 2 aliphatic rings. The number of carbonyl (C=O) groups is 2. The molecule has 1 atom stereocenters. The van der Waals surface area contributed by atoms with Gasteiger partial charge in [-0.05, 0) is 12.1 Å². The molecule has 2 fully saturated rings. The molecule has 0 N–H and O–H groups in total. The third-order valence-electron chi connectivity index (χ3n) is 4.89. The average molecular weight is 385 g/mol. The predicted molar refractivity (Wildman–Crippen MR) is 98.4 cm³/mol. The van der Waals surface area contributed by atoms with Gasteiger partial charge in [-0.3, -0.25) is 14.7 Å². The van der Waals surface area contributed by atoms with Gasteiger partial charge in [0.2, 0.25) is 11.8 Å². The lowest BCUT2D eigenvalue weighted by molar-refractivity contribution is -0.130. The molecule has 0 saturated carbocycles. The molecular weight excluding hydrogens is 365 g/mol. The van der Waals surface area contributed by atoms with Crippen molar-refractivity contribution in [2.75, 3.05) is 37.6 Å². The molecule has 4 rings (SSSR count). The Morgan fingerprint density at radius 2 is 2.07 bits per heavy atom. The van der Waals surface area contributed by atoms with Gasteiger partial charge in [0, 0.05) is 38.4 Å². The SMILES string of the molecule is O=C(CN1CCN(c2ccccc2F)C1=O)N1CC[C@H](Oc2cnccn2)C1.